The molecule has 0 aliphatic heterocycles. The Kier molecular flexibility index (Phi) is 2.12. The minimum Gasteiger partial charge on any atom is -0.299 e. The van der Waals surface area contributed by atoms with Crippen LogP contribution in [0.3, 0.4) is 0 Å². The fourth-order valence-electron chi connectivity index (χ4n) is 1.76. The molecule has 0 amide bonds. The molecule has 0 radical (unpaired) electrons. The van der Waals surface area contributed by atoms with Crippen LogP contribution in [0.5, 0.6) is 0 Å². The first kappa shape index (κ1) is 8.44. The highest BCUT2D eigenvalue weighted by molar-refractivity contribution is 6.05. The molecule has 0 unspecified atom stereocenters. The zero-order chi connectivity index (χ0) is 8.59. The normalized spacial score (nSPS) is 39.4. The number of hydrogen-bond donors (Lipinski definition) is 0. The van der Waals surface area contributed by atoms with Crippen LogP contribution in [0.4, 0.5) is 0 Å². The van der Waals surface area contributed by atoms with Crippen molar-refractivity contribution >= 4 is 11.6 Å². The molecule has 0 aromatic rings. The van der Waals surface area contributed by atoms with Gasteiger partial charge in [-0.15, -0.1) is 0 Å². The molecule has 0 heterocycles. The maximum absolute atomic E-state index is 11.3. The van der Waals surface area contributed by atoms with E-state index in [1.54, 1.807) is 6.92 Å². The van der Waals surface area contributed by atoms with Crippen molar-refractivity contribution in [1.82, 2.24) is 0 Å². The van der Waals surface area contributed by atoms with Gasteiger partial charge in [0.2, 0.25) is 0 Å². The third-order valence-corrected chi connectivity index (χ3v) is 2.53. The average Bonchev–Trinajstić information content (AvgIpc) is 1.97. The molecule has 62 valence electrons. The van der Waals surface area contributed by atoms with E-state index in [1.165, 1.54) is 0 Å². The van der Waals surface area contributed by atoms with Crippen LogP contribution < -0.4 is 0 Å². The van der Waals surface area contributed by atoms with Crippen LogP contribution in [-0.4, -0.2) is 11.6 Å². The van der Waals surface area contributed by atoms with E-state index in [1.807, 2.05) is 13.8 Å². The van der Waals surface area contributed by atoms with Crippen molar-refractivity contribution in [3.8, 4) is 0 Å². The van der Waals surface area contributed by atoms with E-state index in [2.05, 4.69) is 0 Å². The topological polar surface area (TPSA) is 34.1 Å². The lowest BCUT2D eigenvalue weighted by Crippen LogP contribution is -2.37. The predicted octanol–water partition coefficient (Wildman–Crippen LogP) is 1.44. The van der Waals surface area contributed by atoms with Crippen LogP contribution >= 0.6 is 0 Å². The maximum Gasteiger partial charge on any atom is 0.145 e. The summed E-state index contributed by atoms with van der Waals surface area (Å²) in [6.45, 7) is 5.53. The highest BCUT2D eigenvalue weighted by atomic mass is 16.2. The van der Waals surface area contributed by atoms with Crippen molar-refractivity contribution in [3.63, 3.8) is 0 Å². The molecule has 0 N–H and O–H groups in total. The third-order valence-electron chi connectivity index (χ3n) is 2.53. The van der Waals surface area contributed by atoms with Gasteiger partial charge in [-0.25, -0.2) is 0 Å². The SMILES string of the molecule is CC1C(=O)[C@H](C)C[C@@H](C)C1=O. The molecular formula is C9H14O2. The van der Waals surface area contributed by atoms with Crippen LogP contribution in [0.25, 0.3) is 0 Å². The molecule has 1 aliphatic rings. The molecule has 11 heavy (non-hydrogen) atoms. The summed E-state index contributed by atoms with van der Waals surface area (Å²) in [5.74, 6) is 0.0466. The summed E-state index contributed by atoms with van der Waals surface area (Å²) in [4.78, 5) is 22.5. The Balaban J connectivity index is 2.79. The Morgan fingerprint density at radius 3 is 1.73 bits per heavy atom. The van der Waals surface area contributed by atoms with Crippen molar-refractivity contribution in [2.24, 2.45) is 17.8 Å². The molecule has 0 aromatic carbocycles. The van der Waals surface area contributed by atoms with Crippen molar-refractivity contribution < 1.29 is 9.59 Å². The minimum absolute atomic E-state index is 0.0812. The Bertz CT molecular complexity index is 176. The van der Waals surface area contributed by atoms with Gasteiger partial charge in [0.05, 0.1) is 5.92 Å². The Hall–Kier alpha value is -0.660. The van der Waals surface area contributed by atoms with E-state index >= 15 is 0 Å². The molecule has 2 heteroatoms. The molecular weight excluding hydrogens is 140 g/mol. The highest BCUT2D eigenvalue weighted by Crippen LogP contribution is 2.26. The molecule has 0 spiro atoms. The third kappa shape index (κ3) is 1.35. The summed E-state index contributed by atoms with van der Waals surface area (Å²) >= 11 is 0. The van der Waals surface area contributed by atoms with E-state index in [-0.39, 0.29) is 29.3 Å². The van der Waals surface area contributed by atoms with Gasteiger partial charge >= 0.3 is 0 Å². The van der Waals surface area contributed by atoms with Gasteiger partial charge in [-0.1, -0.05) is 13.8 Å². The molecule has 2 atom stereocenters. The Morgan fingerprint density at radius 2 is 1.36 bits per heavy atom. The lowest BCUT2D eigenvalue weighted by molar-refractivity contribution is -0.140. The van der Waals surface area contributed by atoms with Gasteiger partial charge in [-0.3, -0.25) is 9.59 Å². The number of Topliss-reactive ketones (excluding diaryl/α,β-unsaturated/α-hetero) is 2. The fourth-order valence-corrected chi connectivity index (χ4v) is 1.76. The van der Waals surface area contributed by atoms with Gasteiger partial charge < -0.3 is 0 Å². The molecule has 1 saturated carbocycles. The van der Waals surface area contributed by atoms with E-state index in [0.717, 1.165) is 6.42 Å². The lowest BCUT2D eigenvalue weighted by atomic mass is 9.75. The van der Waals surface area contributed by atoms with Crippen molar-refractivity contribution in [1.29, 1.82) is 0 Å². The number of hydrogen-bond acceptors (Lipinski definition) is 2. The number of rotatable bonds is 0. The second-order valence-electron chi connectivity index (χ2n) is 3.56. The Morgan fingerprint density at radius 1 is 1.00 bits per heavy atom. The van der Waals surface area contributed by atoms with Gasteiger partial charge in [-0.05, 0) is 13.3 Å². The average molecular weight is 154 g/mol. The van der Waals surface area contributed by atoms with Crippen LogP contribution in [0.1, 0.15) is 27.2 Å². The summed E-state index contributed by atoms with van der Waals surface area (Å²) in [5.41, 5.74) is 0. The molecule has 1 fully saturated rings. The second-order valence-corrected chi connectivity index (χ2v) is 3.56. The van der Waals surface area contributed by atoms with Crippen LogP contribution in [0.15, 0.2) is 0 Å². The minimum atomic E-state index is -0.353. The van der Waals surface area contributed by atoms with Crippen LogP contribution in [0.2, 0.25) is 0 Å². The van der Waals surface area contributed by atoms with E-state index in [4.69, 9.17) is 0 Å². The summed E-state index contributed by atoms with van der Waals surface area (Å²) in [6.07, 6.45) is 0.738. The van der Waals surface area contributed by atoms with Gasteiger partial charge in [0.25, 0.3) is 0 Å². The first-order chi connectivity index (χ1) is 5.04. The number of ketones is 2. The van der Waals surface area contributed by atoms with Gasteiger partial charge in [0, 0.05) is 11.8 Å². The van der Waals surface area contributed by atoms with E-state index in [0.29, 0.717) is 0 Å². The number of carbonyl (C=O) groups excluding carboxylic acids is 2. The fraction of sp³-hybridized carbons (Fsp3) is 0.778. The van der Waals surface area contributed by atoms with E-state index < -0.39 is 0 Å². The van der Waals surface area contributed by atoms with Crippen molar-refractivity contribution in [2.45, 2.75) is 27.2 Å². The molecule has 0 aromatic heterocycles. The van der Waals surface area contributed by atoms with Crippen LogP contribution in [-0.2, 0) is 9.59 Å². The monoisotopic (exact) mass is 154 g/mol. The summed E-state index contributed by atoms with van der Waals surface area (Å²) < 4.78 is 0. The highest BCUT2D eigenvalue weighted by Gasteiger charge is 2.35. The van der Waals surface area contributed by atoms with Crippen molar-refractivity contribution in [3.05, 3.63) is 0 Å². The smallest absolute Gasteiger partial charge is 0.145 e. The molecule has 1 rings (SSSR count). The van der Waals surface area contributed by atoms with Gasteiger partial charge in [0.15, 0.2) is 0 Å². The maximum atomic E-state index is 11.3. The summed E-state index contributed by atoms with van der Waals surface area (Å²) in [6, 6.07) is 0. The van der Waals surface area contributed by atoms with Gasteiger partial charge in [-0.2, -0.15) is 0 Å². The molecule has 0 bridgehead atoms. The first-order valence-electron chi connectivity index (χ1n) is 4.11. The van der Waals surface area contributed by atoms with Crippen LogP contribution in [0, 0.1) is 17.8 Å². The Labute approximate surface area is 67.0 Å². The zero-order valence-electron chi connectivity index (χ0n) is 7.26. The first-order valence-corrected chi connectivity index (χ1v) is 4.11. The van der Waals surface area contributed by atoms with Crippen molar-refractivity contribution in [2.75, 3.05) is 0 Å². The largest absolute Gasteiger partial charge is 0.299 e. The number of carbonyl (C=O) groups is 2. The molecule has 2 nitrogen and oxygen atoms in total. The predicted molar refractivity (Wildman–Crippen MR) is 42.1 cm³/mol. The lowest BCUT2D eigenvalue weighted by Gasteiger charge is -2.26. The second kappa shape index (κ2) is 2.76. The quantitative estimate of drug-likeness (QED) is 0.495. The summed E-state index contributed by atoms with van der Waals surface area (Å²) in [5, 5.41) is 0. The zero-order valence-corrected chi connectivity index (χ0v) is 7.26. The standard InChI is InChI=1S/C9H14O2/c1-5-4-6(2)9(11)7(3)8(5)10/h5-7H,4H2,1-3H3/t5-,6-/m1/s1. The molecule has 1 aliphatic carbocycles. The van der Waals surface area contributed by atoms with Gasteiger partial charge in [0.1, 0.15) is 11.6 Å². The summed E-state index contributed by atoms with van der Waals surface area (Å²) in [7, 11) is 0. The molecule has 0 saturated heterocycles. The van der Waals surface area contributed by atoms with E-state index in [9.17, 15) is 9.59 Å².